The Morgan fingerprint density at radius 2 is 0.973 bits per heavy atom. The molecule has 0 amide bonds. The maximum atomic E-state index is 11.5. The minimum atomic E-state index is -0.164. The fraction of sp³-hybridized carbons (Fsp3) is 0.636. The second-order valence-corrected chi connectivity index (χ2v) is 12.1. The molecule has 0 saturated carbocycles. The largest absolute Gasteiger partial charge is 0.507 e. The Kier molecular flexibility index (Phi) is 12.0. The van der Waals surface area contributed by atoms with Crippen molar-refractivity contribution >= 4 is 0 Å². The number of unbranched alkanes of at least 4 members (excludes halogenated alkanes) is 2. The van der Waals surface area contributed by atoms with Crippen LogP contribution in [-0.2, 0) is 30.1 Å². The summed E-state index contributed by atoms with van der Waals surface area (Å²) in [6, 6.07) is 8.47. The second kappa shape index (κ2) is 14.2. The molecule has 0 atom stereocenters. The van der Waals surface area contributed by atoms with Crippen molar-refractivity contribution in [2.75, 3.05) is 13.2 Å². The quantitative estimate of drug-likeness (QED) is 0.176. The number of rotatable bonds is 16. The molecule has 0 aliphatic rings. The van der Waals surface area contributed by atoms with Gasteiger partial charge in [0.15, 0.2) is 0 Å². The van der Waals surface area contributed by atoms with Crippen LogP contribution in [0, 0.1) is 0 Å². The SMILES string of the molecule is CCCC(C)(C)c1cc(CCCCO)cc(Cc2cc(CCCCO)cc(C(C)(C)CCC)c2O)c1O. The van der Waals surface area contributed by atoms with Gasteiger partial charge in [-0.2, -0.15) is 0 Å². The maximum absolute atomic E-state index is 11.5. The third-order valence-electron chi connectivity index (χ3n) is 7.83. The molecule has 208 valence electrons. The normalized spacial score (nSPS) is 12.3. The van der Waals surface area contributed by atoms with Gasteiger partial charge in [-0.1, -0.05) is 78.6 Å². The Labute approximate surface area is 225 Å². The molecule has 0 fully saturated rings. The molecule has 0 bridgehead atoms. The van der Waals surface area contributed by atoms with E-state index in [4.69, 9.17) is 0 Å². The summed E-state index contributed by atoms with van der Waals surface area (Å²) in [5, 5.41) is 41.6. The van der Waals surface area contributed by atoms with Crippen molar-refractivity contribution in [2.45, 2.75) is 123 Å². The minimum Gasteiger partial charge on any atom is -0.507 e. The van der Waals surface area contributed by atoms with Crippen LogP contribution in [0.2, 0.25) is 0 Å². The number of phenols is 2. The van der Waals surface area contributed by atoms with Gasteiger partial charge >= 0.3 is 0 Å². The van der Waals surface area contributed by atoms with Gasteiger partial charge in [-0.05, 0) is 84.5 Å². The number of hydrogen-bond acceptors (Lipinski definition) is 4. The van der Waals surface area contributed by atoms with Crippen LogP contribution in [0.15, 0.2) is 24.3 Å². The van der Waals surface area contributed by atoms with E-state index in [0.717, 1.165) is 86.5 Å². The monoisotopic (exact) mass is 512 g/mol. The van der Waals surface area contributed by atoms with E-state index < -0.39 is 0 Å². The van der Waals surface area contributed by atoms with Crippen LogP contribution >= 0.6 is 0 Å². The highest BCUT2D eigenvalue weighted by Gasteiger charge is 2.28. The lowest BCUT2D eigenvalue weighted by molar-refractivity contribution is 0.284. The lowest BCUT2D eigenvalue weighted by Gasteiger charge is -2.29. The fourth-order valence-electron chi connectivity index (χ4n) is 5.72. The third kappa shape index (κ3) is 8.48. The predicted molar refractivity (Wildman–Crippen MR) is 155 cm³/mol. The van der Waals surface area contributed by atoms with Crippen LogP contribution in [0.4, 0.5) is 0 Å². The van der Waals surface area contributed by atoms with E-state index in [1.807, 2.05) is 0 Å². The first kappa shape index (κ1) is 31.2. The molecule has 4 N–H and O–H groups in total. The Balaban J connectivity index is 2.62. The Morgan fingerprint density at radius 1 is 0.595 bits per heavy atom. The van der Waals surface area contributed by atoms with Crippen LogP contribution < -0.4 is 0 Å². The van der Waals surface area contributed by atoms with Crippen LogP contribution in [0.5, 0.6) is 11.5 Å². The van der Waals surface area contributed by atoms with E-state index in [9.17, 15) is 20.4 Å². The molecule has 0 saturated heterocycles. The number of aryl methyl sites for hydroxylation is 2. The molecule has 37 heavy (non-hydrogen) atoms. The summed E-state index contributed by atoms with van der Waals surface area (Å²) in [4.78, 5) is 0. The molecule has 2 aromatic rings. The molecular formula is C33H52O4. The van der Waals surface area contributed by atoms with Crippen LogP contribution in [-0.4, -0.2) is 33.6 Å². The molecule has 0 aliphatic heterocycles. The van der Waals surface area contributed by atoms with Gasteiger partial charge in [-0.3, -0.25) is 0 Å². The van der Waals surface area contributed by atoms with Gasteiger partial charge < -0.3 is 20.4 Å². The zero-order chi connectivity index (χ0) is 27.6. The Bertz CT molecular complexity index is 911. The van der Waals surface area contributed by atoms with Crippen molar-refractivity contribution in [2.24, 2.45) is 0 Å². The Morgan fingerprint density at radius 3 is 1.30 bits per heavy atom. The highest BCUT2D eigenvalue weighted by molar-refractivity contribution is 5.53. The van der Waals surface area contributed by atoms with E-state index in [-0.39, 0.29) is 24.0 Å². The van der Waals surface area contributed by atoms with Gasteiger partial charge in [0.1, 0.15) is 11.5 Å². The third-order valence-corrected chi connectivity index (χ3v) is 7.83. The number of phenolic OH excluding ortho intramolecular Hbond substituents is 2. The summed E-state index contributed by atoms with van der Waals surface area (Å²) in [6.07, 6.45) is 9.49. The molecular weight excluding hydrogens is 460 g/mol. The first-order valence-electron chi connectivity index (χ1n) is 14.4. The molecule has 0 radical (unpaired) electrons. The molecule has 2 rings (SSSR count). The molecule has 0 aliphatic carbocycles. The van der Waals surface area contributed by atoms with Gasteiger partial charge in [0, 0.05) is 30.8 Å². The molecule has 0 aromatic heterocycles. The van der Waals surface area contributed by atoms with Crippen LogP contribution in [0.1, 0.15) is 126 Å². The van der Waals surface area contributed by atoms with Gasteiger partial charge in [0.2, 0.25) is 0 Å². The Hall–Kier alpha value is -2.04. The highest BCUT2D eigenvalue weighted by atomic mass is 16.3. The molecule has 4 nitrogen and oxygen atoms in total. The maximum Gasteiger partial charge on any atom is 0.122 e. The summed E-state index contributed by atoms with van der Waals surface area (Å²) < 4.78 is 0. The van der Waals surface area contributed by atoms with Gasteiger partial charge in [-0.15, -0.1) is 0 Å². The summed E-state index contributed by atoms with van der Waals surface area (Å²) >= 11 is 0. The van der Waals surface area contributed by atoms with Crippen LogP contribution in [0.3, 0.4) is 0 Å². The summed E-state index contributed by atoms with van der Waals surface area (Å²) in [5.74, 6) is 0.674. The number of aliphatic hydroxyl groups excluding tert-OH is 2. The topological polar surface area (TPSA) is 80.9 Å². The smallest absolute Gasteiger partial charge is 0.122 e. The molecule has 0 heterocycles. The van der Waals surface area contributed by atoms with Gasteiger partial charge in [-0.25, -0.2) is 0 Å². The number of aromatic hydroxyl groups is 2. The lowest BCUT2D eigenvalue weighted by Crippen LogP contribution is -2.19. The molecule has 0 spiro atoms. The van der Waals surface area contributed by atoms with Gasteiger partial charge in [0.05, 0.1) is 0 Å². The second-order valence-electron chi connectivity index (χ2n) is 12.1. The zero-order valence-electron chi connectivity index (χ0n) is 24.3. The summed E-state index contributed by atoms with van der Waals surface area (Å²) in [6.45, 7) is 13.5. The van der Waals surface area contributed by atoms with Crippen LogP contribution in [0.25, 0.3) is 0 Å². The summed E-state index contributed by atoms with van der Waals surface area (Å²) in [7, 11) is 0. The number of hydrogen-bond donors (Lipinski definition) is 4. The molecule has 0 unspecified atom stereocenters. The highest BCUT2D eigenvalue weighted by Crippen LogP contribution is 2.42. The van der Waals surface area contributed by atoms with E-state index in [2.05, 4.69) is 65.8 Å². The van der Waals surface area contributed by atoms with E-state index >= 15 is 0 Å². The van der Waals surface area contributed by atoms with E-state index in [0.29, 0.717) is 17.9 Å². The number of aliphatic hydroxyl groups is 2. The molecule has 2 aromatic carbocycles. The minimum absolute atomic E-state index is 0.164. The standard InChI is InChI=1S/C33H52O4/c1-7-15-32(3,4)28-21-24(13-9-11-17-34)19-26(30(28)36)23-27-20-25(14-10-12-18-35)22-29(31(27)37)33(5,6)16-8-2/h19-22,34-37H,7-18,23H2,1-6H3. The van der Waals surface area contributed by atoms with Crippen molar-refractivity contribution in [3.63, 3.8) is 0 Å². The number of benzene rings is 2. The lowest BCUT2D eigenvalue weighted by atomic mass is 9.76. The van der Waals surface area contributed by atoms with E-state index in [1.54, 1.807) is 0 Å². The van der Waals surface area contributed by atoms with Crippen molar-refractivity contribution in [1.29, 1.82) is 0 Å². The van der Waals surface area contributed by atoms with Crippen molar-refractivity contribution < 1.29 is 20.4 Å². The fourth-order valence-corrected chi connectivity index (χ4v) is 5.72. The van der Waals surface area contributed by atoms with Crippen molar-refractivity contribution in [3.05, 3.63) is 57.6 Å². The molecule has 4 heteroatoms. The average Bonchev–Trinajstić information content (AvgIpc) is 2.82. The van der Waals surface area contributed by atoms with Crippen molar-refractivity contribution in [3.8, 4) is 11.5 Å². The van der Waals surface area contributed by atoms with E-state index in [1.165, 1.54) is 11.1 Å². The first-order valence-corrected chi connectivity index (χ1v) is 14.4. The first-order chi connectivity index (χ1) is 17.5. The average molecular weight is 513 g/mol. The summed E-state index contributed by atoms with van der Waals surface area (Å²) in [5.41, 5.74) is 5.65. The van der Waals surface area contributed by atoms with Crippen molar-refractivity contribution in [1.82, 2.24) is 0 Å². The predicted octanol–water partition coefficient (Wildman–Crippen LogP) is 7.47. The zero-order valence-corrected chi connectivity index (χ0v) is 24.3. The van der Waals surface area contributed by atoms with Gasteiger partial charge in [0.25, 0.3) is 0 Å².